The Bertz CT molecular complexity index is 2760. The SMILES string of the molecule is CNc1ccn(-c2ccnc3c2cc([C@H](C)N2CC=C(c4c(C)cc(C(=O)N5CCC(CN6CCN(c7ccc(NC8CCC(=O)NC8=O)c(OC)c7)CC6)CC5)cc4F)CC2)n3C)c(=O)c1. The summed E-state index contributed by atoms with van der Waals surface area (Å²) in [4.78, 5) is 64.5. The first-order valence-electron chi connectivity index (χ1n) is 23.5. The Labute approximate surface area is 390 Å². The maximum Gasteiger partial charge on any atom is 0.257 e. The smallest absolute Gasteiger partial charge is 0.257 e. The van der Waals surface area contributed by atoms with E-state index >= 15 is 4.39 Å². The number of amides is 3. The minimum atomic E-state index is -0.484. The fraction of sp³-hybridized carbons (Fsp3) is 0.431. The summed E-state index contributed by atoms with van der Waals surface area (Å²) in [7, 11) is 5.41. The first kappa shape index (κ1) is 45.6. The van der Waals surface area contributed by atoms with Crippen molar-refractivity contribution in [2.75, 3.05) is 88.6 Å². The molecule has 3 fully saturated rings. The standard InChI is InChI=1S/C51H61FN10O5/c1-32-26-36(27-40(52)48(32)35-13-19-59(20-14-35)33(2)44-30-39-43(10-16-54-49(39)57(44)4)62-21-15-37(53-3)28-47(62)64)51(66)61-17-11-34(12-18-61)31-58-22-24-60(25-23-58)38-6-7-41(45(29-38)67-5)55-42-8-9-46(63)56-50(42)65/h6-7,10,13,15-16,21,26-30,33-34,42,53,55H,8-9,11-12,14,17-20,22-25,31H2,1-5H3,(H,56,63,65)/t33-,42?/m0/s1. The minimum absolute atomic E-state index is 0.0350. The van der Waals surface area contributed by atoms with Crippen LogP contribution in [0.25, 0.3) is 22.3 Å². The molecule has 16 heteroatoms. The lowest BCUT2D eigenvalue weighted by Gasteiger charge is -2.39. The summed E-state index contributed by atoms with van der Waals surface area (Å²) < 4.78 is 25.5. The fourth-order valence-electron chi connectivity index (χ4n) is 10.5. The summed E-state index contributed by atoms with van der Waals surface area (Å²) in [5.41, 5.74) is 7.78. The van der Waals surface area contributed by atoms with Crippen molar-refractivity contribution >= 4 is 51.4 Å². The number of ether oxygens (including phenoxy) is 1. The highest BCUT2D eigenvalue weighted by atomic mass is 19.1. The average Bonchev–Trinajstić information content (AvgIpc) is 3.68. The van der Waals surface area contributed by atoms with Crippen LogP contribution in [0.5, 0.6) is 5.75 Å². The Morgan fingerprint density at radius 2 is 1.75 bits per heavy atom. The number of piperidine rings is 2. The lowest BCUT2D eigenvalue weighted by Crippen LogP contribution is -2.49. The van der Waals surface area contributed by atoms with Gasteiger partial charge in [0.1, 0.15) is 23.3 Å². The molecule has 5 aromatic rings. The summed E-state index contributed by atoms with van der Waals surface area (Å²) in [5, 5.41) is 9.55. The second kappa shape index (κ2) is 19.4. The summed E-state index contributed by atoms with van der Waals surface area (Å²) in [6.45, 7) is 11.3. The van der Waals surface area contributed by atoms with Crippen LogP contribution in [0.1, 0.15) is 72.2 Å². The number of carbonyl (C=O) groups excluding carboxylic acids is 3. The normalized spacial score (nSPS) is 19.3. The Kier molecular flexibility index (Phi) is 13.2. The molecule has 3 saturated heterocycles. The van der Waals surface area contributed by atoms with Crippen LogP contribution in [-0.4, -0.2) is 126 Å². The van der Waals surface area contributed by atoms with Crippen molar-refractivity contribution in [2.24, 2.45) is 13.0 Å². The molecule has 3 amide bonds. The molecule has 7 heterocycles. The maximum absolute atomic E-state index is 16.1. The van der Waals surface area contributed by atoms with E-state index in [0.29, 0.717) is 61.7 Å². The number of fused-ring (bicyclic) bond motifs is 1. The number of carbonyl (C=O) groups is 3. The zero-order chi connectivity index (χ0) is 46.9. The molecule has 67 heavy (non-hydrogen) atoms. The number of hydrogen-bond acceptors (Lipinski definition) is 11. The molecule has 352 valence electrons. The molecule has 15 nitrogen and oxygen atoms in total. The molecule has 0 spiro atoms. The van der Waals surface area contributed by atoms with Crippen LogP contribution < -0.4 is 31.1 Å². The lowest BCUT2D eigenvalue weighted by molar-refractivity contribution is -0.133. The van der Waals surface area contributed by atoms with E-state index in [1.807, 2.05) is 55.3 Å². The van der Waals surface area contributed by atoms with Gasteiger partial charge in [-0.2, -0.15) is 0 Å². The van der Waals surface area contributed by atoms with E-state index in [-0.39, 0.29) is 35.1 Å². The van der Waals surface area contributed by atoms with Gasteiger partial charge in [-0.15, -0.1) is 0 Å². The number of halogens is 1. The Morgan fingerprint density at radius 1 is 0.955 bits per heavy atom. The Hall–Kier alpha value is -6.52. The third-order valence-electron chi connectivity index (χ3n) is 14.4. The number of methoxy groups -OCH3 is 1. The van der Waals surface area contributed by atoms with Crippen LogP contribution in [0.15, 0.2) is 77.9 Å². The average molecular weight is 913 g/mol. The number of piperazine rings is 1. The number of anilines is 3. The molecule has 3 aromatic heterocycles. The van der Waals surface area contributed by atoms with Crippen molar-refractivity contribution in [1.82, 2.24) is 34.1 Å². The van der Waals surface area contributed by atoms with Crippen molar-refractivity contribution in [3.8, 4) is 11.4 Å². The highest BCUT2D eigenvalue weighted by Gasteiger charge is 2.31. The molecule has 9 rings (SSSR count). The van der Waals surface area contributed by atoms with Gasteiger partial charge >= 0.3 is 0 Å². The van der Waals surface area contributed by atoms with Gasteiger partial charge in [-0.1, -0.05) is 6.08 Å². The first-order chi connectivity index (χ1) is 32.4. The molecule has 2 atom stereocenters. The van der Waals surface area contributed by atoms with Gasteiger partial charge < -0.3 is 29.7 Å². The number of aromatic nitrogens is 3. The van der Waals surface area contributed by atoms with E-state index in [1.54, 1.807) is 37.2 Å². The van der Waals surface area contributed by atoms with Crippen LogP contribution in [0.2, 0.25) is 0 Å². The van der Waals surface area contributed by atoms with E-state index in [9.17, 15) is 19.2 Å². The molecule has 4 aliphatic rings. The van der Waals surface area contributed by atoms with Crippen LogP contribution >= 0.6 is 0 Å². The summed E-state index contributed by atoms with van der Waals surface area (Å²) >= 11 is 0. The third-order valence-corrected chi connectivity index (χ3v) is 14.4. The summed E-state index contributed by atoms with van der Waals surface area (Å²) in [5.74, 6) is 0.110. The summed E-state index contributed by atoms with van der Waals surface area (Å²) in [6, 6.07) is 16.3. The zero-order valence-electron chi connectivity index (χ0n) is 39.1. The first-order valence-corrected chi connectivity index (χ1v) is 23.5. The van der Waals surface area contributed by atoms with Crippen molar-refractivity contribution in [2.45, 2.75) is 58.0 Å². The number of nitrogens with one attached hydrogen (secondary N) is 3. The van der Waals surface area contributed by atoms with Gasteiger partial charge in [0.05, 0.1) is 18.5 Å². The van der Waals surface area contributed by atoms with Gasteiger partial charge in [-0.05, 0) is 99.0 Å². The molecule has 0 saturated carbocycles. The predicted molar refractivity (Wildman–Crippen MR) is 260 cm³/mol. The summed E-state index contributed by atoms with van der Waals surface area (Å²) in [6.07, 6.45) is 8.88. The van der Waals surface area contributed by atoms with E-state index in [1.165, 1.54) is 6.07 Å². The Morgan fingerprint density at radius 3 is 2.43 bits per heavy atom. The molecule has 1 unspecified atom stereocenters. The van der Waals surface area contributed by atoms with Gasteiger partial charge in [0, 0.05) is 144 Å². The molecular formula is C51H61FN10O5. The van der Waals surface area contributed by atoms with E-state index in [2.05, 4.69) is 59.3 Å². The molecule has 0 aliphatic carbocycles. The highest BCUT2D eigenvalue weighted by molar-refractivity contribution is 6.01. The van der Waals surface area contributed by atoms with Crippen LogP contribution in [0, 0.1) is 18.7 Å². The monoisotopic (exact) mass is 912 g/mol. The topological polar surface area (TPSA) is 149 Å². The van der Waals surface area contributed by atoms with Crippen molar-refractivity contribution in [1.29, 1.82) is 0 Å². The quantitative estimate of drug-likeness (QED) is 0.127. The zero-order valence-corrected chi connectivity index (χ0v) is 39.1. The number of pyridine rings is 2. The molecule has 4 aliphatic heterocycles. The maximum atomic E-state index is 16.1. The van der Waals surface area contributed by atoms with Gasteiger partial charge in [0.15, 0.2) is 0 Å². The van der Waals surface area contributed by atoms with Crippen molar-refractivity contribution in [3.05, 3.63) is 112 Å². The molecule has 3 N–H and O–H groups in total. The van der Waals surface area contributed by atoms with Crippen LogP contribution in [0.4, 0.5) is 21.5 Å². The van der Waals surface area contributed by atoms with E-state index < -0.39 is 6.04 Å². The van der Waals surface area contributed by atoms with Gasteiger partial charge in [-0.25, -0.2) is 9.37 Å². The number of hydrogen-bond donors (Lipinski definition) is 3. The Balaban J connectivity index is 0.766. The molecule has 0 bridgehead atoms. The number of nitrogens with zero attached hydrogens (tertiary/aromatic N) is 7. The van der Waals surface area contributed by atoms with Crippen molar-refractivity contribution < 1.29 is 23.5 Å². The highest BCUT2D eigenvalue weighted by Crippen LogP contribution is 2.35. The second-order valence-corrected chi connectivity index (χ2v) is 18.4. The number of likely N-dealkylation sites (tertiary alicyclic amines) is 1. The van der Waals surface area contributed by atoms with E-state index in [4.69, 9.17) is 4.74 Å². The van der Waals surface area contributed by atoms with Gasteiger partial charge in [0.2, 0.25) is 11.8 Å². The van der Waals surface area contributed by atoms with Crippen LogP contribution in [0.3, 0.4) is 0 Å². The molecule has 0 radical (unpaired) electrons. The lowest BCUT2D eigenvalue weighted by atomic mass is 9.92. The van der Waals surface area contributed by atoms with Gasteiger partial charge in [-0.3, -0.25) is 38.9 Å². The van der Waals surface area contributed by atoms with Crippen molar-refractivity contribution in [3.63, 3.8) is 0 Å². The number of imide groups is 1. The number of rotatable bonds is 12. The van der Waals surface area contributed by atoms with Crippen LogP contribution in [-0.2, 0) is 16.6 Å². The third kappa shape index (κ3) is 9.41. The predicted octanol–water partition coefficient (Wildman–Crippen LogP) is 5.96. The fourth-order valence-corrected chi connectivity index (χ4v) is 10.5. The minimum Gasteiger partial charge on any atom is -0.495 e. The second-order valence-electron chi connectivity index (χ2n) is 18.4. The number of benzene rings is 2. The molecular weight excluding hydrogens is 852 g/mol. The number of aryl methyl sites for hydroxylation is 2. The largest absolute Gasteiger partial charge is 0.495 e. The van der Waals surface area contributed by atoms with E-state index in [0.717, 1.165) is 103 Å². The molecule has 2 aromatic carbocycles. The van der Waals surface area contributed by atoms with Gasteiger partial charge in [0.25, 0.3) is 11.5 Å².